The maximum Gasteiger partial charge on any atom is 0.0525 e. The Morgan fingerprint density at radius 2 is 1.83 bits per heavy atom. The fourth-order valence-electron chi connectivity index (χ4n) is 1.99. The number of benzene rings is 2. The molecule has 0 aliphatic heterocycles. The minimum Gasteiger partial charge on any atom is -0.399 e. The van der Waals surface area contributed by atoms with E-state index in [0.29, 0.717) is 0 Å². The summed E-state index contributed by atoms with van der Waals surface area (Å²) in [4.78, 5) is 2.16. The van der Waals surface area contributed by atoms with Gasteiger partial charge in [0.2, 0.25) is 0 Å². The van der Waals surface area contributed by atoms with Crippen molar-refractivity contribution in [3.63, 3.8) is 0 Å². The molecule has 1 unspecified atom stereocenters. The van der Waals surface area contributed by atoms with Crippen LogP contribution in [0.4, 0.5) is 11.4 Å². The van der Waals surface area contributed by atoms with Crippen LogP contribution in [-0.2, 0) is 0 Å². The van der Waals surface area contributed by atoms with E-state index in [4.69, 9.17) is 17.3 Å². The molecular formula is C15H17ClN2. The first-order valence-electron chi connectivity index (χ1n) is 5.92. The quantitative estimate of drug-likeness (QED) is 0.841. The predicted molar refractivity (Wildman–Crippen MR) is 79.1 cm³/mol. The van der Waals surface area contributed by atoms with E-state index in [-0.39, 0.29) is 6.04 Å². The lowest BCUT2D eigenvalue weighted by Crippen LogP contribution is -2.21. The largest absolute Gasteiger partial charge is 0.399 e. The van der Waals surface area contributed by atoms with Crippen LogP contribution in [-0.4, -0.2) is 7.05 Å². The number of anilines is 2. The highest BCUT2D eigenvalue weighted by atomic mass is 35.5. The molecule has 0 aliphatic carbocycles. The minimum absolute atomic E-state index is 0.195. The molecule has 2 aromatic rings. The third-order valence-corrected chi connectivity index (χ3v) is 3.56. The Kier molecular flexibility index (Phi) is 3.78. The van der Waals surface area contributed by atoms with Gasteiger partial charge in [-0.3, -0.25) is 0 Å². The topological polar surface area (TPSA) is 29.3 Å². The van der Waals surface area contributed by atoms with Crippen molar-refractivity contribution in [1.29, 1.82) is 0 Å². The molecule has 0 aliphatic rings. The Bertz CT molecular complexity index is 540. The smallest absolute Gasteiger partial charge is 0.0525 e. The number of hydrogen-bond donors (Lipinski definition) is 1. The van der Waals surface area contributed by atoms with Crippen LogP contribution in [0.2, 0.25) is 5.02 Å². The van der Waals surface area contributed by atoms with E-state index in [2.05, 4.69) is 17.9 Å². The normalized spacial score (nSPS) is 12.2. The third kappa shape index (κ3) is 2.59. The maximum absolute atomic E-state index is 6.23. The minimum atomic E-state index is 0.195. The summed E-state index contributed by atoms with van der Waals surface area (Å²) in [5.41, 5.74) is 8.78. The Hall–Kier alpha value is -1.67. The van der Waals surface area contributed by atoms with Crippen molar-refractivity contribution in [3.8, 4) is 0 Å². The molecule has 0 aromatic heterocycles. The number of nitrogens with two attached hydrogens (primary N) is 1. The maximum atomic E-state index is 6.23. The molecule has 0 heterocycles. The summed E-state index contributed by atoms with van der Waals surface area (Å²) in [5, 5.41) is 0.792. The molecule has 0 bridgehead atoms. The Morgan fingerprint density at radius 3 is 2.50 bits per heavy atom. The molecule has 0 spiro atoms. The summed E-state index contributed by atoms with van der Waals surface area (Å²) >= 11 is 6.23. The SMILES string of the molecule is CC(c1ccccc1Cl)N(C)c1cccc(N)c1. The van der Waals surface area contributed by atoms with Gasteiger partial charge in [-0.2, -0.15) is 0 Å². The van der Waals surface area contributed by atoms with E-state index >= 15 is 0 Å². The number of nitrogen functional groups attached to an aromatic ring is 1. The molecule has 94 valence electrons. The highest BCUT2D eigenvalue weighted by Crippen LogP contribution is 2.30. The van der Waals surface area contributed by atoms with Crippen molar-refractivity contribution < 1.29 is 0 Å². The first-order valence-corrected chi connectivity index (χ1v) is 6.30. The Morgan fingerprint density at radius 1 is 1.11 bits per heavy atom. The van der Waals surface area contributed by atoms with Crippen LogP contribution in [0, 0.1) is 0 Å². The van der Waals surface area contributed by atoms with Crippen molar-refractivity contribution in [2.75, 3.05) is 17.7 Å². The van der Waals surface area contributed by atoms with Gasteiger partial charge in [0.1, 0.15) is 0 Å². The molecule has 3 heteroatoms. The van der Waals surface area contributed by atoms with Gasteiger partial charge >= 0.3 is 0 Å². The second-order valence-electron chi connectivity index (χ2n) is 4.40. The first kappa shape index (κ1) is 12.8. The number of nitrogens with zero attached hydrogens (tertiary/aromatic N) is 1. The van der Waals surface area contributed by atoms with E-state index in [1.54, 1.807) is 0 Å². The molecule has 2 rings (SSSR count). The van der Waals surface area contributed by atoms with Crippen molar-refractivity contribution in [1.82, 2.24) is 0 Å². The molecule has 0 amide bonds. The molecule has 1 atom stereocenters. The highest BCUT2D eigenvalue weighted by molar-refractivity contribution is 6.31. The molecule has 0 fully saturated rings. The fraction of sp³-hybridized carbons (Fsp3) is 0.200. The van der Waals surface area contributed by atoms with Crippen LogP contribution in [0.1, 0.15) is 18.5 Å². The van der Waals surface area contributed by atoms with Gasteiger partial charge in [-0.25, -0.2) is 0 Å². The van der Waals surface area contributed by atoms with Crippen molar-refractivity contribution in [2.45, 2.75) is 13.0 Å². The zero-order chi connectivity index (χ0) is 13.1. The molecule has 18 heavy (non-hydrogen) atoms. The lowest BCUT2D eigenvalue weighted by atomic mass is 10.1. The van der Waals surface area contributed by atoms with Gasteiger partial charge in [0.05, 0.1) is 6.04 Å². The Balaban J connectivity index is 2.29. The van der Waals surface area contributed by atoms with Gasteiger partial charge in [-0.15, -0.1) is 0 Å². The first-order chi connectivity index (χ1) is 8.59. The zero-order valence-electron chi connectivity index (χ0n) is 10.6. The van der Waals surface area contributed by atoms with Gasteiger partial charge < -0.3 is 10.6 Å². The molecule has 0 saturated carbocycles. The number of hydrogen-bond acceptors (Lipinski definition) is 2. The van der Waals surface area contributed by atoms with Crippen LogP contribution in [0.15, 0.2) is 48.5 Å². The third-order valence-electron chi connectivity index (χ3n) is 3.21. The zero-order valence-corrected chi connectivity index (χ0v) is 11.4. The fourth-order valence-corrected chi connectivity index (χ4v) is 2.28. The van der Waals surface area contributed by atoms with Crippen LogP contribution in [0.25, 0.3) is 0 Å². The monoisotopic (exact) mass is 260 g/mol. The van der Waals surface area contributed by atoms with Gasteiger partial charge in [-0.1, -0.05) is 35.9 Å². The Labute approximate surface area is 113 Å². The van der Waals surface area contributed by atoms with Gasteiger partial charge in [0.25, 0.3) is 0 Å². The second kappa shape index (κ2) is 5.32. The van der Waals surface area contributed by atoms with Crippen LogP contribution in [0.3, 0.4) is 0 Å². The summed E-state index contributed by atoms with van der Waals surface area (Å²) in [7, 11) is 2.04. The number of halogens is 1. The van der Waals surface area contributed by atoms with E-state index in [0.717, 1.165) is 22.0 Å². The van der Waals surface area contributed by atoms with Crippen LogP contribution in [0.5, 0.6) is 0 Å². The molecule has 2 N–H and O–H groups in total. The average molecular weight is 261 g/mol. The van der Waals surface area contributed by atoms with E-state index < -0.39 is 0 Å². The van der Waals surface area contributed by atoms with Crippen LogP contribution >= 0.6 is 11.6 Å². The van der Waals surface area contributed by atoms with Gasteiger partial charge in [-0.05, 0) is 36.8 Å². The molecule has 0 saturated heterocycles. The molecule has 2 aromatic carbocycles. The summed E-state index contributed by atoms with van der Waals surface area (Å²) in [6, 6.07) is 16.0. The predicted octanol–water partition coefficient (Wildman–Crippen LogP) is 4.12. The second-order valence-corrected chi connectivity index (χ2v) is 4.81. The standard InChI is InChI=1S/C15H17ClN2/c1-11(14-8-3-4-9-15(14)16)18(2)13-7-5-6-12(17)10-13/h3-11H,17H2,1-2H3. The summed E-state index contributed by atoms with van der Waals surface area (Å²) in [6.07, 6.45) is 0. The van der Waals surface area contributed by atoms with Crippen molar-refractivity contribution >= 4 is 23.0 Å². The van der Waals surface area contributed by atoms with Gasteiger partial charge in [0, 0.05) is 23.4 Å². The van der Waals surface area contributed by atoms with E-state index in [1.807, 2.05) is 49.5 Å². The average Bonchev–Trinajstić information content (AvgIpc) is 2.37. The summed E-state index contributed by atoms with van der Waals surface area (Å²) in [5.74, 6) is 0. The van der Waals surface area contributed by atoms with E-state index in [1.165, 1.54) is 0 Å². The van der Waals surface area contributed by atoms with Gasteiger partial charge in [0.15, 0.2) is 0 Å². The lowest BCUT2D eigenvalue weighted by molar-refractivity contribution is 0.740. The number of rotatable bonds is 3. The molecule has 0 radical (unpaired) electrons. The van der Waals surface area contributed by atoms with E-state index in [9.17, 15) is 0 Å². The van der Waals surface area contributed by atoms with Crippen molar-refractivity contribution in [3.05, 3.63) is 59.1 Å². The highest BCUT2D eigenvalue weighted by Gasteiger charge is 2.14. The summed E-state index contributed by atoms with van der Waals surface area (Å²) < 4.78 is 0. The molecule has 2 nitrogen and oxygen atoms in total. The molecular weight excluding hydrogens is 244 g/mol. The van der Waals surface area contributed by atoms with Crippen LogP contribution < -0.4 is 10.6 Å². The lowest BCUT2D eigenvalue weighted by Gasteiger charge is -2.28. The summed E-state index contributed by atoms with van der Waals surface area (Å²) in [6.45, 7) is 2.13. The van der Waals surface area contributed by atoms with Crippen molar-refractivity contribution in [2.24, 2.45) is 0 Å².